The van der Waals surface area contributed by atoms with Gasteiger partial charge in [0.2, 0.25) is 11.8 Å². The van der Waals surface area contributed by atoms with Crippen molar-refractivity contribution in [2.45, 2.75) is 95.6 Å². The summed E-state index contributed by atoms with van der Waals surface area (Å²) in [5, 5.41) is 5.66. The van der Waals surface area contributed by atoms with Crippen LogP contribution in [-0.4, -0.2) is 149 Å². The molecule has 21 nitrogen and oxygen atoms in total. The van der Waals surface area contributed by atoms with Crippen molar-refractivity contribution < 1.29 is 92.8 Å². The molecule has 0 aromatic carbocycles. The van der Waals surface area contributed by atoms with Gasteiger partial charge in [-0.15, -0.1) is 0 Å². The number of aryl methyl sites for hydroxylation is 2. The highest BCUT2D eigenvalue weighted by Crippen LogP contribution is 2.66. The van der Waals surface area contributed by atoms with E-state index in [0.29, 0.717) is 68.9 Å². The van der Waals surface area contributed by atoms with Crippen LogP contribution in [0, 0.1) is 13.8 Å². The summed E-state index contributed by atoms with van der Waals surface area (Å²) in [5.41, 5.74) is 2.64. The zero-order valence-electron chi connectivity index (χ0n) is 37.1. The van der Waals surface area contributed by atoms with Gasteiger partial charge < -0.3 is 71.5 Å². The van der Waals surface area contributed by atoms with Crippen molar-refractivity contribution in [3.05, 3.63) is 40.9 Å². The highest BCUT2D eigenvalue weighted by atomic mass is 33.1. The third kappa shape index (κ3) is 19.2. The quantitative estimate of drug-likeness (QED) is 0.0191. The number of carbonyl (C=O) groups is 2. The molecule has 1 saturated heterocycles. The Balaban J connectivity index is 0.935. The Hall–Kier alpha value is -1.73. The predicted octanol–water partition coefficient (Wildman–Crippen LogP) is 4.46. The van der Waals surface area contributed by atoms with E-state index in [-0.39, 0.29) is 50.0 Å². The summed E-state index contributed by atoms with van der Waals surface area (Å²) >= 11 is 0. The standard InChI is InChI=1S/C36H59B2F2N4O17P3S2/c1-26-20-27(2)43-30(26)21-29-9-8-28(44(29)38(43,39)40)10-11-34(45)41-13-17-56-19-18-55-15-7-5-6-14-54-16-12-35(46)42-24-36(3,4)66-65-25-57-31-22-33(37)59-32(31)23-58-63(50,51)61-64(52,53)60-62(47,48)49/h8-9,20-21,31-33H,5-7,10-19,22-25H2,1-4H3,(H,41,45)(H,42,46)(H,50,51)(H,52,53)(H2,47,48,49)/t31?,32-,33-/m1/s1. The number of phosphoric acid groups is 3. The molecule has 1 fully saturated rings. The van der Waals surface area contributed by atoms with E-state index in [4.69, 9.17) is 41.3 Å². The number of unbranched alkanes of at least 4 members (excludes halogenated alkanes) is 2. The lowest BCUT2D eigenvalue weighted by molar-refractivity contribution is -0.362. The molecular weight excluding hydrogens is 977 g/mol. The number of fused-ring (bicyclic) bond motifs is 2. The normalized spacial score (nSPS) is 21.0. The van der Waals surface area contributed by atoms with Gasteiger partial charge in [0.1, 0.15) is 25.6 Å². The second-order valence-electron chi connectivity index (χ2n) is 16.0. The fourth-order valence-electron chi connectivity index (χ4n) is 6.93. The molecule has 3 aliphatic rings. The largest absolute Gasteiger partial charge is 0.737 e. The Morgan fingerprint density at radius 3 is 2.30 bits per heavy atom. The van der Waals surface area contributed by atoms with E-state index in [9.17, 15) is 33.1 Å². The maximum atomic E-state index is 15.6. The number of hydrogen-bond donors (Lipinski definition) is 6. The molecule has 66 heavy (non-hydrogen) atoms. The molecule has 1 aromatic rings. The van der Waals surface area contributed by atoms with Gasteiger partial charge in [-0.2, -0.15) is 8.62 Å². The van der Waals surface area contributed by atoms with Gasteiger partial charge in [0.15, 0.2) is 5.70 Å². The second-order valence-corrected chi connectivity index (χ2v) is 23.3. The van der Waals surface area contributed by atoms with Crippen LogP contribution in [0.5, 0.6) is 0 Å². The van der Waals surface area contributed by atoms with Crippen molar-refractivity contribution in [2.75, 3.05) is 65.3 Å². The van der Waals surface area contributed by atoms with Crippen molar-refractivity contribution in [3.63, 3.8) is 0 Å². The predicted molar refractivity (Wildman–Crippen MR) is 244 cm³/mol. The summed E-state index contributed by atoms with van der Waals surface area (Å²) in [6, 6.07) is 0.941. The van der Waals surface area contributed by atoms with E-state index in [2.05, 4.69) is 23.8 Å². The van der Waals surface area contributed by atoms with Crippen LogP contribution < -0.4 is 10.6 Å². The lowest BCUT2D eigenvalue weighted by Gasteiger charge is -2.30. The van der Waals surface area contributed by atoms with Crippen LogP contribution >= 0.6 is 45.1 Å². The molecule has 3 unspecified atom stereocenters. The summed E-state index contributed by atoms with van der Waals surface area (Å²) in [7, 11) is -7.96. The minimum absolute atomic E-state index is 0.0742. The number of carbonyl (C=O) groups excluding carboxylic acids is 2. The Morgan fingerprint density at radius 2 is 1.61 bits per heavy atom. The molecule has 0 saturated carbocycles. The molecule has 0 spiro atoms. The smallest absolute Gasteiger partial charge is 0.394 e. The third-order valence-electron chi connectivity index (χ3n) is 9.88. The number of phosphoric ester groups is 1. The zero-order chi connectivity index (χ0) is 48.8. The average molecular weight is 1040 g/mol. The zero-order valence-corrected chi connectivity index (χ0v) is 41.4. The van der Waals surface area contributed by atoms with Gasteiger partial charge in [0, 0.05) is 80.2 Å². The Kier molecular flexibility index (Phi) is 22.3. The highest BCUT2D eigenvalue weighted by Gasteiger charge is 2.52. The molecule has 30 heteroatoms. The molecule has 372 valence electrons. The first-order valence-corrected chi connectivity index (χ1v) is 27.9. The van der Waals surface area contributed by atoms with Gasteiger partial charge >= 0.3 is 30.4 Å². The van der Waals surface area contributed by atoms with Crippen LogP contribution in [0.4, 0.5) is 8.63 Å². The molecule has 4 heterocycles. The van der Waals surface area contributed by atoms with Crippen LogP contribution in [0.3, 0.4) is 0 Å². The number of nitrogens with one attached hydrogen (secondary N) is 2. The van der Waals surface area contributed by atoms with Crippen LogP contribution in [0.15, 0.2) is 23.9 Å². The molecule has 5 atom stereocenters. The van der Waals surface area contributed by atoms with Gasteiger partial charge in [-0.05, 0) is 70.7 Å². The van der Waals surface area contributed by atoms with Crippen LogP contribution in [0.1, 0.15) is 75.7 Å². The van der Waals surface area contributed by atoms with Crippen LogP contribution in [0.25, 0.3) is 6.08 Å². The van der Waals surface area contributed by atoms with Crippen molar-refractivity contribution in [2.24, 2.45) is 0 Å². The van der Waals surface area contributed by atoms with Crippen molar-refractivity contribution in [1.82, 2.24) is 15.1 Å². The lowest BCUT2D eigenvalue weighted by atomic mass is 9.90. The minimum atomic E-state index is -5.66. The van der Waals surface area contributed by atoms with Crippen molar-refractivity contribution >= 4 is 83.5 Å². The summed E-state index contributed by atoms with van der Waals surface area (Å²) in [6.45, 7) is 5.63. The van der Waals surface area contributed by atoms with Crippen LogP contribution in [-0.2, 0) is 60.1 Å². The fraction of sp³-hybridized carbons (Fsp3) is 0.694. The number of ether oxygens (including phenoxy) is 5. The van der Waals surface area contributed by atoms with Crippen molar-refractivity contribution in [3.8, 4) is 0 Å². The Bertz CT molecular complexity index is 2060. The molecule has 0 bridgehead atoms. The van der Waals surface area contributed by atoms with E-state index in [1.807, 2.05) is 20.8 Å². The van der Waals surface area contributed by atoms with Crippen LogP contribution in [0.2, 0.25) is 0 Å². The number of halogens is 2. The monoisotopic (exact) mass is 1040 g/mol. The van der Waals surface area contributed by atoms with E-state index < -0.39 is 60.0 Å². The third-order valence-corrected chi connectivity index (χ3v) is 16.6. The van der Waals surface area contributed by atoms with E-state index in [1.54, 1.807) is 31.2 Å². The van der Waals surface area contributed by atoms with E-state index >= 15 is 8.63 Å². The minimum Gasteiger partial charge on any atom is -0.394 e. The molecule has 4 rings (SSSR count). The SMILES string of the molecule is [B][C@H]1CC(OCSSC(C)(C)CNC(=O)CCOCCCCCOCCOCCNC(=O)CCC2=[N+]3C(=Cc4c(C)cc(C)n4[B-]3(F)F)C=C2)[C@@H](COP(=O)(O)OP(=O)(O)OP(=O)(O)O)O1. The van der Waals surface area contributed by atoms with Gasteiger partial charge in [0.05, 0.1) is 39.1 Å². The first kappa shape index (κ1) is 56.9. The van der Waals surface area contributed by atoms with E-state index in [0.717, 1.165) is 33.8 Å². The molecule has 2 radical (unpaired) electrons. The maximum Gasteiger partial charge on any atom is 0.737 e. The first-order chi connectivity index (χ1) is 30.9. The van der Waals surface area contributed by atoms with Gasteiger partial charge in [-0.25, -0.2) is 13.7 Å². The molecular formula is C36H59B2F2N4O17P3S2. The van der Waals surface area contributed by atoms with Gasteiger partial charge in [0.25, 0.3) is 0 Å². The van der Waals surface area contributed by atoms with E-state index in [1.165, 1.54) is 21.6 Å². The number of rotatable bonds is 32. The summed E-state index contributed by atoms with van der Waals surface area (Å²) in [6.07, 6.45) is 6.53. The Labute approximate surface area is 391 Å². The number of nitrogens with zero attached hydrogens (tertiary/aromatic N) is 2. The first-order valence-electron chi connectivity index (χ1n) is 21.0. The average Bonchev–Trinajstić information content (AvgIpc) is 3.88. The van der Waals surface area contributed by atoms with Gasteiger partial charge in [-0.1, -0.05) is 21.6 Å². The lowest BCUT2D eigenvalue weighted by Crippen LogP contribution is -2.50. The number of allylic oxidation sites excluding steroid dienone is 2. The second kappa shape index (κ2) is 25.9. The van der Waals surface area contributed by atoms with Crippen molar-refractivity contribution in [1.29, 1.82) is 0 Å². The maximum absolute atomic E-state index is 15.6. The highest BCUT2D eigenvalue weighted by molar-refractivity contribution is 8.77. The molecule has 3 aliphatic heterocycles. The summed E-state index contributed by atoms with van der Waals surface area (Å²) in [4.78, 5) is 61.1. The summed E-state index contributed by atoms with van der Waals surface area (Å²) in [5.74, 6) is -0.286. The molecule has 2 amide bonds. The number of aromatic nitrogens is 1. The molecule has 0 aliphatic carbocycles. The fourth-order valence-corrected chi connectivity index (χ4v) is 12.1. The number of hydrogen-bond acceptors (Lipinski definition) is 15. The summed E-state index contributed by atoms with van der Waals surface area (Å²) < 4.78 is 107. The van der Waals surface area contributed by atoms with Gasteiger partial charge in [-0.3, -0.25) is 14.1 Å². The Morgan fingerprint density at radius 1 is 0.939 bits per heavy atom. The molecule has 6 N–H and O–H groups in total. The topological polar surface area (TPSA) is 272 Å². The molecule has 1 aromatic heterocycles. The number of amides is 2.